The van der Waals surface area contributed by atoms with E-state index in [1.54, 1.807) is 12.3 Å². The first-order valence-corrected chi connectivity index (χ1v) is 6.07. The molecule has 1 atom stereocenters. The van der Waals surface area contributed by atoms with Crippen LogP contribution in [0.5, 0.6) is 5.88 Å². The van der Waals surface area contributed by atoms with Crippen molar-refractivity contribution in [2.75, 3.05) is 25.1 Å². The highest BCUT2D eigenvalue weighted by atomic mass is 16.5. The third-order valence-corrected chi connectivity index (χ3v) is 2.04. The molecule has 5 heteroatoms. The van der Waals surface area contributed by atoms with Gasteiger partial charge >= 0.3 is 0 Å². The highest BCUT2D eigenvalue weighted by Crippen LogP contribution is 2.10. The van der Waals surface area contributed by atoms with E-state index in [4.69, 9.17) is 9.47 Å². The number of nitrogens with one attached hydrogen (secondary N) is 1. The van der Waals surface area contributed by atoms with Gasteiger partial charge in [0, 0.05) is 25.4 Å². The van der Waals surface area contributed by atoms with Crippen molar-refractivity contribution in [3.63, 3.8) is 0 Å². The summed E-state index contributed by atoms with van der Waals surface area (Å²) >= 11 is 0. The Morgan fingerprint density at radius 1 is 1.41 bits per heavy atom. The molecule has 0 aliphatic carbocycles. The van der Waals surface area contributed by atoms with Crippen LogP contribution in [0.3, 0.4) is 0 Å². The summed E-state index contributed by atoms with van der Waals surface area (Å²) in [6, 6.07) is 1.75. The second-order valence-corrected chi connectivity index (χ2v) is 3.73. The maximum Gasteiger partial charge on any atom is 0.225 e. The SMILES string of the molecule is CCCNc1nccc(OC(C)COCC)n1. The summed E-state index contributed by atoms with van der Waals surface area (Å²) in [7, 11) is 0. The molecule has 0 aliphatic heterocycles. The van der Waals surface area contributed by atoms with Gasteiger partial charge in [-0.15, -0.1) is 0 Å². The second-order valence-electron chi connectivity index (χ2n) is 3.73. The average Bonchev–Trinajstić information content (AvgIpc) is 2.34. The van der Waals surface area contributed by atoms with E-state index in [2.05, 4.69) is 22.2 Å². The van der Waals surface area contributed by atoms with Crippen LogP contribution in [0.1, 0.15) is 27.2 Å². The minimum Gasteiger partial charge on any atom is -0.472 e. The monoisotopic (exact) mass is 239 g/mol. The van der Waals surface area contributed by atoms with Crippen LogP contribution in [0, 0.1) is 0 Å². The van der Waals surface area contributed by atoms with E-state index in [9.17, 15) is 0 Å². The van der Waals surface area contributed by atoms with Crippen LogP contribution in [-0.2, 0) is 4.74 Å². The highest BCUT2D eigenvalue weighted by molar-refractivity contribution is 5.27. The van der Waals surface area contributed by atoms with Gasteiger partial charge in [-0.2, -0.15) is 4.98 Å². The Kier molecular flexibility index (Phi) is 6.32. The number of hydrogen-bond donors (Lipinski definition) is 1. The Hall–Kier alpha value is -1.36. The van der Waals surface area contributed by atoms with Crippen molar-refractivity contribution in [2.24, 2.45) is 0 Å². The first kappa shape index (κ1) is 13.7. The lowest BCUT2D eigenvalue weighted by Crippen LogP contribution is -2.20. The van der Waals surface area contributed by atoms with Crippen molar-refractivity contribution >= 4 is 5.95 Å². The number of anilines is 1. The topological polar surface area (TPSA) is 56.3 Å². The third-order valence-electron chi connectivity index (χ3n) is 2.04. The van der Waals surface area contributed by atoms with Crippen molar-refractivity contribution in [1.29, 1.82) is 0 Å². The molecule has 0 amide bonds. The minimum atomic E-state index is -0.0103. The Morgan fingerprint density at radius 3 is 2.94 bits per heavy atom. The normalized spacial score (nSPS) is 12.2. The fourth-order valence-electron chi connectivity index (χ4n) is 1.25. The maximum absolute atomic E-state index is 5.62. The molecule has 0 bridgehead atoms. The minimum absolute atomic E-state index is 0.0103. The van der Waals surface area contributed by atoms with Gasteiger partial charge in [0.25, 0.3) is 0 Å². The molecule has 0 radical (unpaired) electrons. The van der Waals surface area contributed by atoms with E-state index < -0.39 is 0 Å². The molecule has 1 aromatic rings. The van der Waals surface area contributed by atoms with Crippen molar-refractivity contribution in [2.45, 2.75) is 33.3 Å². The molecule has 1 unspecified atom stereocenters. The van der Waals surface area contributed by atoms with Gasteiger partial charge in [-0.25, -0.2) is 4.98 Å². The smallest absolute Gasteiger partial charge is 0.225 e. The standard InChI is InChI=1S/C12H21N3O2/c1-4-7-13-12-14-8-6-11(15-12)17-10(3)9-16-5-2/h6,8,10H,4-5,7,9H2,1-3H3,(H,13,14,15). The van der Waals surface area contributed by atoms with Gasteiger partial charge < -0.3 is 14.8 Å². The quantitative estimate of drug-likeness (QED) is 0.753. The van der Waals surface area contributed by atoms with Gasteiger partial charge in [0.2, 0.25) is 11.8 Å². The molecular formula is C12H21N3O2. The summed E-state index contributed by atoms with van der Waals surface area (Å²) in [6.07, 6.45) is 2.71. The van der Waals surface area contributed by atoms with Crippen LogP contribution in [0.25, 0.3) is 0 Å². The number of aromatic nitrogens is 2. The summed E-state index contributed by atoms with van der Waals surface area (Å²) in [4.78, 5) is 8.37. The average molecular weight is 239 g/mol. The number of hydrogen-bond acceptors (Lipinski definition) is 5. The first-order chi connectivity index (χ1) is 8.26. The second kappa shape index (κ2) is 7.84. The van der Waals surface area contributed by atoms with E-state index >= 15 is 0 Å². The summed E-state index contributed by atoms with van der Waals surface area (Å²) in [5.74, 6) is 1.18. The number of rotatable bonds is 8. The molecule has 96 valence electrons. The largest absolute Gasteiger partial charge is 0.472 e. The van der Waals surface area contributed by atoms with E-state index in [1.807, 2.05) is 13.8 Å². The fraction of sp³-hybridized carbons (Fsp3) is 0.667. The molecular weight excluding hydrogens is 218 g/mol. The summed E-state index contributed by atoms with van der Waals surface area (Å²) in [5.41, 5.74) is 0. The molecule has 0 saturated carbocycles. The molecule has 0 aromatic carbocycles. The summed E-state index contributed by atoms with van der Waals surface area (Å²) in [5, 5.41) is 3.12. The molecule has 17 heavy (non-hydrogen) atoms. The Morgan fingerprint density at radius 2 is 2.24 bits per heavy atom. The zero-order valence-electron chi connectivity index (χ0n) is 10.8. The van der Waals surface area contributed by atoms with Crippen molar-refractivity contribution in [3.05, 3.63) is 12.3 Å². The maximum atomic E-state index is 5.62. The van der Waals surface area contributed by atoms with E-state index in [-0.39, 0.29) is 6.10 Å². The molecule has 1 N–H and O–H groups in total. The van der Waals surface area contributed by atoms with Crippen LogP contribution in [-0.4, -0.2) is 35.8 Å². The van der Waals surface area contributed by atoms with Gasteiger partial charge in [0.1, 0.15) is 6.10 Å². The molecule has 1 heterocycles. The van der Waals surface area contributed by atoms with E-state index in [0.29, 0.717) is 25.0 Å². The summed E-state index contributed by atoms with van der Waals surface area (Å²) in [6.45, 7) is 8.13. The fourth-order valence-corrected chi connectivity index (χ4v) is 1.25. The molecule has 1 rings (SSSR count). The number of nitrogens with zero attached hydrogens (tertiary/aromatic N) is 2. The molecule has 0 aliphatic rings. The van der Waals surface area contributed by atoms with Gasteiger partial charge in [-0.3, -0.25) is 0 Å². The zero-order chi connectivity index (χ0) is 12.5. The molecule has 1 aromatic heterocycles. The first-order valence-electron chi connectivity index (χ1n) is 6.07. The van der Waals surface area contributed by atoms with Crippen LogP contribution < -0.4 is 10.1 Å². The van der Waals surface area contributed by atoms with Gasteiger partial charge in [-0.05, 0) is 20.3 Å². The van der Waals surface area contributed by atoms with Crippen LogP contribution in [0.15, 0.2) is 12.3 Å². The highest BCUT2D eigenvalue weighted by Gasteiger charge is 2.05. The Balaban J connectivity index is 2.47. The molecule has 0 fully saturated rings. The summed E-state index contributed by atoms with van der Waals surface area (Å²) < 4.78 is 10.9. The number of ether oxygens (including phenoxy) is 2. The van der Waals surface area contributed by atoms with E-state index in [0.717, 1.165) is 13.0 Å². The Bertz CT molecular complexity index is 320. The van der Waals surface area contributed by atoms with Crippen molar-refractivity contribution in [1.82, 2.24) is 9.97 Å². The zero-order valence-corrected chi connectivity index (χ0v) is 10.8. The van der Waals surface area contributed by atoms with E-state index in [1.165, 1.54) is 0 Å². The van der Waals surface area contributed by atoms with Gasteiger partial charge in [0.15, 0.2) is 0 Å². The molecule has 0 saturated heterocycles. The van der Waals surface area contributed by atoms with Crippen LogP contribution in [0.2, 0.25) is 0 Å². The molecule has 0 spiro atoms. The lowest BCUT2D eigenvalue weighted by molar-refractivity contribution is 0.0633. The Labute approximate surface area is 103 Å². The lowest BCUT2D eigenvalue weighted by Gasteiger charge is -2.14. The lowest BCUT2D eigenvalue weighted by atomic mass is 10.4. The van der Waals surface area contributed by atoms with Crippen molar-refractivity contribution in [3.8, 4) is 5.88 Å². The molecule has 5 nitrogen and oxygen atoms in total. The third kappa shape index (κ3) is 5.49. The van der Waals surface area contributed by atoms with Crippen molar-refractivity contribution < 1.29 is 9.47 Å². The predicted octanol–water partition coefficient (Wildman–Crippen LogP) is 2.10. The van der Waals surface area contributed by atoms with Crippen LogP contribution >= 0.6 is 0 Å². The van der Waals surface area contributed by atoms with Gasteiger partial charge in [0.05, 0.1) is 6.61 Å². The predicted molar refractivity (Wildman–Crippen MR) is 67.4 cm³/mol. The van der Waals surface area contributed by atoms with Crippen LogP contribution in [0.4, 0.5) is 5.95 Å². The van der Waals surface area contributed by atoms with Gasteiger partial charge in [-0.1, -0.05) is 6.92 Å².